The smallest absolute Gasteiger partial charge is 0.259 e. The lowest BCUT2D eigenvalue weighted by molar-refractivity contribution is 0.0989. The number of nitrogens with one attached hydrogen (secondary N) is 1. The number of hydrogen-bond donors (Lipinski definition) is 1. The molecule has 0 atom stereocenters. The van der Waals surface area contributed by atoms with Gasteiger partial charge in [-0.05, 0) is 49.1 Å². The maximum atomic E-state index is 12.7. The number of carbonyl (C=O) groups is 1. The Morgan fingerprint density at radius 3 is 2.61 bits per heavy atom. The quantitative estimate of drug-likeness (QED) is 0.925. The predicted octanol–water partition coefficient (Wildman–Crippen LogP) is 2.18. The number of fused-ring (bicyclic) bond motifs is 1. The molecule has 2 aliphatic heterocycles. The van der Waals surface area contributed by atoms with E-state index in [1.165, 1.54) is 36.4 Å². The Kier molecular flexibility index (Phi) is 3.41. The van der Waals surface area contributed by atoms with E-state index in [9.17, 15) is 9.59 Å². The van der Waals surface area contributed by atoms with Gasteiger partial charge in [0.05, 0.1) is 5.56 Å². The summed E-state index contributed by atoms with van der Waals surface area (Å²) in [5.41, 5.74) is 3.80. The topological polar surface area (TPSA) is 56.4 Å². The number of anilines is 2. The van der Waals surface area contributed by atoms with Crippen LogP contribution in [0.25, 0.3) is 0 Å². The second kappa shape index (κ2) is 5.57. The molecule has 5 nitrogen and oxygen atoms in total. The van der Waals surface area contributed by atoms with E-state index < -0.39 is 0 Å². The summed E-state index contributed by atoms with van der Waals surface area (Å²) in [5.74, 6) is -0.0612. The van der Waals surface area contributed by atoms with Gasteiger partial charge in [-0.25, -0.2) is 0 Å². The monoisotopic (exact) mass is 309 g/mol. The summed E-state index contributed by atoms with van der Waals surface area (Å²) in [6, 6.07) is 9.36. The lowest BCUT2D eigenvalue weighted by Gasteiger charge is -2.20. The van der Waals surface area contributed by atoms with Crippen LogP contribution in [-0.4, -0.2) is 30.5 Å². The summed E-state index contributed by atoms with van der Waals surface area (Å²) in [5, 5.41) is 0. The Hall–Kier alpha value is -2.56. The minimum absolute atomic E-state index is 0.0612. The van der Waals surface area contributed by atoms with E-state index in [2.05, 4.69) is 28.1 Å². The number of amides is 1. The number of benzene rings is 1. The van der Waals surface area contributed by atoms with Gasteiger partial charge in [-0.1, -0.05) is 0 Å². The van der Waals surface area contributed by atoms with Crippen molar-refractivity contribution in [3.05, 3.63) is 58.0 Å². The fraction of sp³-hybridized carbons (Fsp3) is 0.333. The van der Waals surface area contributed by atoms with Gasteiger partial charge < -0.3 is 14.8 Å². The highest BCUT2D eigenvalue weighted by Gasteiger charge is 2.26. The van der Waals surface area contributed by atoms with E-state index in [0.29, 0.717) is 12.1 Å². The molecule has 1 amide bonds. The first-order valence-corrected chi connectivity index (χ1v) is 8.11. The Labute approximate surface area is 134 Å². The summed E-state index contributed by atoms with van der Waals surface area (Å²) in [6.45, 7) is 2.94. The minimum atomic E-state index is -0.196. The molecule has 0 saturated carbocycles. The number of rotatable bonds is 2. The summed E-state index contributed by atoms with van der Waals surface area (Å²) >= 11 is 0. The van der Waals surface area contributed by atoms with Crippen molar-refractivity contribution in [1.29, 1.82) is 0 Å². The molecule has 0 bridgehead atoms. The highest BCUT2D eigenvalue weighted by molar-refractivity contribution is 6.07. The third kappa shape index (κ3) is 2.52. The maximum absolute atomic E-state index is 12.7. The van der Waals surface area contributed by atoms with Crippen LogP contribution in [0.1, 0.15) is 28.8 Å². The van der Waals surface area contributed by atoms with Crippen molar-refractivity contribution in [2.45, 2.75) is 19.3 Å². The SMILES string of the molecule is O=C(c1ccc(=O)[nH]c1)N1CCc2cc(N3CCCC3)ccc21. The molecule has 0 unspecified atom stereocenters. The molecule has 118 valence electrons. The third-order valence-electron chi connectivity index (χ3n) is 4.71. The fourth-order valence-corrected chi connectivity index (χ4v) is 3.47. The second-order valence-electron chi connectivity index (χ2n) is 6.16. The normalized spacial score (nSPS) is 16.7. The molecule has 0 aliphatic carbocycles. The summed E-state index contributed by atoms with van der Waals surface area (Å²) in [7, 11) is 0. The van der Waals surface area contributed by atoms with Crippen molar-refractivity contribution >= 4 is 17.3 Å². The molecule has 0 spiro atoms. The van der Waals surface area contributed by atoms with E-state index >= 15 is 0 Å². The number of hydrogen-bond acceptors (Lipinski definition) is 3. The summed E-state index contributed by atoms with van der Waals surface area (Å²) < 4.78 is 0. The number of aromatic amines is 1. The van der Waals surface area contributed by atoms with Gasteiger partial charge in [-0.2, -0.15) is 0 Å². The average Bonchev–Trinajstić information content (AvgIpc) is 3.24. The molecule has 1 fully saturated rings. The van der Waals surface area contributed by atoms with Crippen LogP contribution in [0.4, 0.5) is 11.4 Å². The zero-order valence-electron chi connectivity index (χ0n) is 12.9. The molecule has 2 aliphatic rings. The van der Waals surface area contributed by atoms with Crippen LogP contribution in [0.5, 0.6) is 0 Å². The summed E-state index contributed by atoms with van der Waals surface area (Å²) in [4.78, 5) is 30.6. The number of H-pyrrole nitrogens is 1. The zero-order valence-corrected chi connectivity index (χ0v) is 12.9. The molecule has 2 aromatic rings. The number of nitrogens with zero attached hydrogens (tertiary/aromatic N) is 2. The molecule has 1 aromatic carbocycles. The van der Waals surface area contributed by atoms with E-state index in [1.807, 2.05) is 0 Å². The van der Waals surface area contributed by atoms with Gasteiger partial charge in [0.1, 0.15) is 0 Å². The standard InChI is InChI=1S/C18H19N3O2/c22-17-6-3-14(12-19-17)18(23)21-10-7-13-11-15(4-5-16(13)21)20-8-1-2-9-20/h3-6,11-12H,1-2,7-10H2,(H,19,22). The third-order valence-corrected chi connectivity index (χ3v) is 4.71. The Morgan fingerprint density at radius 2 is 1.87 bits per heavy atom. The first kappa shape index (κ1) is 14.1. The molecular weight excluding hydrogens is 290 g/mol. The van der Waals surface area contributed by atoms with E-state index in [0.717, 1.165) is 25.2 Å². The van der Waals surface area contributed by atoms with Crippen molar-refractivity contribution in [2.24, 2.45) is 0 Å². The van der Waals surface area contributed by atoms with Crippen molar-refractivity contribution in [3.63, 3.8) is 0 Å². The number of aromatic nitrogens is 1. The van der Waals surface area contributed by atoms with E-state index in [-0.39, 0.29) is 11.5 Å². The average molecular weight is 309 g/mol. The Bertz CT molecular complexity index is 786. The Balaban J connectivity index is 1.61. The van der Waals surface area contributed by atoms with E-state index in [1.54, 1.807) is 11.0 Å². The van der Waals surface area contributed by atoms with Crippen LogP contribution in [0.2, 0.25) is 0 Å². The summed E-state index contributed by atoms with van der Waals surface area (Å²) in [6.07, 6.45) is 4.88. The van der Waals surface area contributed by atoms with E-state index in [4.69, 9.17) is 0 Å². The van der Waals surface area contributed by atoms with Crippen molar-refractivity contribution < 1.29 is 4.79 Å². The highest BCUT2D eigenvalue weighted by atomic mass is 16.2. The van der Waals surface area contributed by atoms with Gasteiger partial charge in [0.15, 0.2) is 0 Å². The van der Waals surface area contributed by atoms with Crippen LogP contribution in [-0.2, 0) is 6.42 Å². The molecule has 3 heterocycles. The van der Waals surface area contributed by atoms with Gasteiger partial charge in [-0.15, -0.1) is 0 Å². The Morgan fingerprint density at radius 1 is 1.04 bits per heavy atom. The van der Waals surface area contributed by atoms with Crippen LogP contribution in [0.15, 0.2) is 41.3 Å². The first-order chi connectivity index (χ1) is 11.2. The van der Waals surface area contributed by atoms with Gasteiger partial charge >= 0.3 is 0 Å². The minimum Gasteiger partial charge on any atom is -0.372 e. The largest absolute Gasteiger partial charge is 0.372 e. The molecule has 5 heteroatoms. The van der Waals surface area contributed by atoms with Crippen LogP contribution >= 0.6 is 0 Å². The molecule has 23 heavy (non-hydrogen) atoms. The lowest BCUT2D eigenvalue weighted by atomic mass is 10.1. The molecule has 0 radical (unpaired) electrons. The van der Waals surface area contributed by atoms with Crippen molar-refractivity contribution in [1.82, 2.24) is 4.98 Å². The number of pyridine rings is 1. The van der Waals surface area contributed by atoms with Gasteiger partial charge in [0.2, 0.25) is 5.56 Å². The molecule has 1 N–H and O–H groups in total. The first-order valence-electron chi connectivity index (χ1n) is 8.11. The van der Waals surface area contributed by atoms with Crippen molar-refractivity contribution in [3.8, 4) is 0 Å². The number of carbonyl (C=O) groups excluding carboxylic acids is 1. The van der Waals surface area contributed by atoms with Crippen LogP contribution < -0.4 is 15.4 Å². The zero-order chi connectivity index (χ0) is 15.8. The lowest BCUT2D eigenvalue weighted by Crippen LogP contribution is -2.29. The fourth-order valence-electron chi connectivity index (χ4n) is 3.47. The molecular formula is C18H19N3O2. The van der Waals surface area contributed by atoms with Gasteiger partial charge in [0.25, 0.3) is 5.91 Å². The van der Waals surface area contributed by atoms with Gasteiger partial charge in [0, 0.05) is 43.3 Å². The van der Waals surface area contributed by atoms with Crippen LogP contribution in [0.3, 0.4) is 0 Å². The molecule has 1 aromatic heterocycles. The highest BCUT2D eigenvalue weighted by Crippen LogP contribution is 2.33. The molecule has 1 saturated heterocycles. The van der Waals surface area contributed by atoms with Crippen molar-refractivity contribution in [2.75, 3.05) is 29.4 Å². The molecule has 4 rings (SSSR count). The van der Waals surface area contributed by atoms with Gasteiger partial charge in [-0.3, -0.25) is 9.59 Å². The second-order valence-corrected chi connectivity index (χ2v) is 6.16. The van der Waals surface area contributed by atoms with Crippen LogP contribution in [0, 0.1) is 0 Å². The maximum Gasteiger partial charge on any atom is 0.259 e. The predicted molar refractivity (Wildman–Crippen MR) is 90.3 cm³/mol.